The molecular formula is C69H33N13. The molecule has 374 valence electrons. The van der Waals surface area contributed by atoms with Gasteiger partial charge in [-0.05, 0) is 149 Å². The highest BCUT2D eigenvalue weighted by Crippen LogP contribution is 2.45. The van der Waals surface area contributed by atoms with Gasteiger partial charge in [-0.2, -0.15) is 47.4 Å². The topological polar surface area (TPSA) is 250 Å². The minimum atomic E-state index is 0.235. The first kappa shape index (κ1) is 49.9. The van der Waals surface area contributed by atoms with Gasteiger partial charge in [-0.3, -0.25) is 0 Å². The quantitative estimate of drug-likeness (QED) is 0.145. The Labute approximate surface area is 468 Å². The summed E-state index contributed by atoms with van der Waals surface area (Å²) in [5.41, 5.74) is 13.2. The highest BCUT2D eigenvalue weighted by atomic mass is 15.1. The number of aromatic nitrogens is 4. The SMILES string of the molecule is Cc1cc(C)nc(-c2cc(-n3c4cc(-c5ccc(C#N)cc5C#N)ccc4c4ccc(-c5ccc(C#N)cc5C#N)cc43)c(-n3c4cc(-c5ccc(C#N)cc5C#N)ccc4c4ccc(-c5ccc(C#N)cc5C#N)cc43)cc2C#N)n1. The van der Waals surface area contributed by atoms with Gasteiger partial charge in [-0.1, -0.05) is 72.8 Å². The summed E-state index contributed by atoms with van der Waals surface area (Å²) >= 11 is 0. The van der Waals surface area contributed by atoms with Crippen molar-refractivity contribution in [3.63, 3.8) is 0 Å². The van der Waals surface area contributed by atoms with Gasteiger partial charge in [0, 0.05) is 38.5 Å². The van der Waals surface area contributed by atoms with E-state index >= 15 is 0 Å². The maximum absolute atomic E-state index is 11.4. The van der Waals surface area contributed by atoms with Crippen molar-refractivity contribution in [2.45, 2.75) is 13.8 Å². The second kappa shape index (κ2) is 19.9. The fourth-order valence-electron chi connectivity index (χ4n) is 11.1. The van der Waals surface area contributed by atoms with E-state index in [1.54, 1.807) is 72.8 Å². The van der Waals surface area contributed by atoms with Gasteiger partial charge in [-0.15, -0.1) is 0 Å². The Morgan fingerprint density at radius 2 is 0.561 bits per heavy atom. The molecule has 3 aromatic heterocycles. The molecule has 12 rings (SSSR count). The van der Waals surface area contributed by atoms with Crippen LogP contribution in [0.2, 0.25) is 0 Å². The molecule has 0 aliphatic carbocycles. The smallest absolute Gasteiger partial charge is 0.161 e. The largest absolute Gasteiger partial charge is 0.307 e. The zero-order chi connectivity index (χ0) is 56.9. The van der Waals surface area contributed by atoms with Gasteiger partial charge >= 0.3 is 0 Å². The van der Waals surface area contributed by atoms with Crippen LogP contribution < -0.4 is 0 Å². The van der Waals surface area contributed by atoms with E-state index in [4.69, 9.17) is 9.97 Å². The van der Waals surface area contributed by atoms with Crippen molar-refractivity contribution < 1.29 is 0 Å². The third-order valence-corrected chi connectivity index (χ3v) is 14.8. The molecule has 13 nitrogen and oxygen atoms in total. The van der Waals surface area contributed by atoms with E-state index in [1.165, 1.54) is 0 Å². The fourth-order valence-corrected chi connectivity index (χ4v) is 11.1. The Hall–Kier alpha value is -12.9. The lowest BCUT2D eigenvalue weighted by atomic mass is 9.96. The van der Waals surface area contributed by atoms with Gasteiger partial charge in [0.05, 0.1) is 138 Å². The zero-order valence-electron chi connectivity index (χ0n) is 43.4. The van der Waals surface area contributed by atoms with E-state index in [1.807, 2.05) is 105 Å². The molecule has 0 N–H and O–H groups in total. The van der Waals surface area contributed by atoms with Crippen molar-refractivity contribution in [1.29, 1.82) is 47.4 Å². The van der Waals surface area contributed by atoms with E-state index in [0.29, 0.717) is 145 Å². The fraction of sp³-hybridized carbons (Fsp3) is 0.0290. The Bertz CT molecular complexity index is 4970. The van der Waals surface area contributed by atoms with Crippen molar-refractivity contribution in [2.24, 2.45) is 0 Å². The minimum absolute atomic E-state index is 0.235. The summed E-state index contributed by atoms with van der Waals surface area (Å²) in [5, 5.41) is 95.9. The first-order chi connectivity index (χ1) is 40.0. The summed E-state index contributed by atoms with van der Waals surface area (Å²) in [5.74, 6) is 0.304. The summed E-state index contributed by atoms with van der Waals surface area (Å²) in [6.07, 6.45) is 0. The third-order valence-electron chi connectivity index (χ3n) is 14.8. The molecule has 0 atom stereocenters. The summed E-state index contributed by atoms with van der Waals surface area (Å²) in [6, 6.07) is 69.1. The number of hydrogen-bond acceptors (Lipinski definition) is 11. The first-order valence-electron chi connectivity index (χ1n) is 25.4. The van der Waals surface area contributed by atoms with Crippen LogP contribution in [0, 0.1) is 116 Å². The average Bonchev–Trinajstić information content (AvgIpc) is 2.51. The molecular weight excluding hydrogens is 1010 g/mol. The van der Waals surface area contributed by atoms with Gasteiger partial charge in [-0.25, -0.2) is 9.97 Å². The molecule has 0 aliphatic heterocycles. The summed E-state index contributed by atoms with van der Waals surface area (Å²) < 4.78 is 4.14. The molecule has 0 saturated carbocycles. The number of nitrogens with zero attached hydrogens (tertiary/aromatic N) is 13. The van der Waals surface area contributed by atoms with Gasteiger partial charge in [0.2, 0.25) is 0 Å². The summed E-state index contributed by atoms with van der Waals surface area (Å²) in [6.45, 7) is 3.72. The maximum atomic E-state index is 11.4. The van der Waals surface area contributed by atoms with E-state index in [9.17, 15) is 47.4 Å². The molecule has 0 fully saturated rings. The van der Waals surface area contributed by atoms with Gasteiger partial charge < -0.3 is 9.13 Å². The zero-order valence-corrected chi connectivity index (χ0v) is 43.4. The standard InChI is InChI=1S/C69H33N13/c1-39-19-40(2)80-69(79-39)62-29-68(82-65-26-47(56-13-5-43(32-72)22-51(56)36-76)9-17-60(65)61-18-10-48(27-66(61)82)57-14-6-44(33-73)23-52(57)37-77)67(28-53(62)38-78)81-63-24-45(54-11-3-41(30-70)20-49(54)34-74)7-15-58(63)59-16-8-46(25-64(59)81)55-12-4-42(31-71)21-50(55)35-75/h3-29H,1-2H3. The van der Waals surface area contributed by atoms with Crippen molar-refractivity contribution >= 4 is 43.6 Å². The second-order valence-electron chi connectivity index (χ2n) is 19.5. The number of rotatable bonds is 7. The Morgan fingerprint density at radius 3 is 0.841 bits per heavy atom. The normalized spacial score (nSPS) is 10.7. The van der Waals surface area contributed by atoms with Gasteiger partial charge in [0.25, 0.3) is 0 Å². The lowest BCUT2D eigenvalue weighted by Gasteiger charge is -2.20. The molecule has 0 saturated heterocycles. The highest BCUT2D eigenvalue weighted by Gasteiger charge is 2.26. The molecule has 0 bridgehead atoms. The van der Waals surface area contributed by atoms with Crippen LogP contribution >= 0.6 is 0 Å². The molecule has 0 radical (unpaired) electrons. The predicted octanol–water partition coefficient (Wildman–Crippen LogP) is 14.5. The summed E-state index contributed by atoms with van der Waals surface area (Å²) in [4.78, 5) is 9.79. The highest BCUT2D eigenvalue weighted by molar-refractivity contribution is 6.14. The van der Waals surface area contributed by atoms with E-state index in [0.717, 1.165) is 21.5 Å². The molecule has 12 aromatic rings. The maximum Gasteiger partial charge on any atom is 0.161 e. The van der Waals surface area contributed by atoms with Crippen LogP contribution in [0.4, 0.5) is 0 Å². The number of fused-ring (bicyclic) bond motifs is 6. The van der Waals surface area contributed by atoms with Crippen molar-refractivity contribution in [1.82, 2.24) is 19.1 Å². The van der Waals surface area contributed by atoms with Crippen molar-refractivity contribution in [3.05, 3.63) is 225 Å². The minimum Gasteiger partial charge on any atom is -0.307 e. The molecule has 0 amide bonds. The number of hydrogen-bond donors (Lipinski definition) is 0. The van der Waals surface area contributed by atoms with Crippen molar-refractivity contribution in [2.75, 3.05) is 0 Å². The van der Waals surface area contributed by atoms with Gasteiger partial charge in [0.1, 0.15) is 0 Å². The monoisotopic (exact) mass is 1040 g/mol. The van der Waals surface area contributed by atoms with Crippen LogP contribution in [0.25, 0.3) is 111 Å². The van der Waals surface area contributed by atoms with Crippen LogP contribution in [0.1, 0.15) is 61.5 Å². The van der Waals surface area contributed by atoms with Crippen LogP contribution in [0.15, 0.2) is 164 Å². The number of benzene rings is 9. The number of aryl methyl sites for hydroxylation is 2. The van der Waals surface area contributed by atoms with Crippen LogP contribution in [0.5, 0.6) is 0 Å². The van der Waals surface area contributed by atoms with Crippen LogP contribution in [-0.4, -0.2) is 19.1 Å². The molecule has 0 spiro atoms. The number of nitriles is 9. The molecule has 13 heteroatoms. The third kappa shape index (κ3) is 8.19. The average molecular weight is 1040 g/mol. The van der Waals surface area contributed by atoms with Crippen molar-refractivity contribution in [3.8, 4) is 122 Å². The molecule has 82 heavy (non-hydrogen) atoms. The Morgan fingerprint density at radius 1 is 0.280 bits per heavy atom. The first-order valence-corrected chi connectivity index (χ1v) is 25.4. The van der Waals surface area contributed by atoms with Crippen LogP contribution in [0.3, 0.4) is 0 Å². The van der Waals surface area contributed by atoms with Crippen LogP contribution in [-0.2, 0) is 0 Å². The summed E-state index contributed by atoms with van der Waals surface area (Å²) in [7, 11) is 0. The van der Waals surface area contributed by atoms with E-state index in [2.05, 4.69) is 63.8 Å². The van der Waals surface area contributed by atoms with Gasteiger partial charge in [0.15, 0.2) is 5.82 Å². The predicted molar refractivity (Wildman–Crippen MR) is 310 cm³/mol. The second-order valence-corrected chi connectivity index (χ2v) is 19.5. The lowest BCUT2D eigenvalue weighted by molar-refractivity contribution is 1.05. The van der Waals surface area contributed by atoms with E-state index in [-0.39, 0.29) is 5.56 Å². The lowest BCUT2D eigenvalue weighted by Crippen LogP contribution is -2.07. The Balaban J connectivity index is 1.28. The molecule has 0 aliphatic rings. The van der Waals surface area contributed by atoms with E-state index < -0.39 is 0 Å². The molecule has 9 aromatic carbocycles. The Kier molecular flexibility index (Phi) is 12.1. The molecule has 3 heterocycles. The molecule has 0 unspecified atom stereocenters.